The van der Waals surface area contributed by atoms with Gasteiger partial charge >= 0.3 is 0 Å². The number of anilines is 1. The summed E-state index contributed by atoms with van der Waals surface area (Å²) in [6.45, 7) is 7.78. The van der Waals surface area contributed by atoms with Crippen molar-refractivity contribution in [1.82, 2.24) is 0 Å². The highest BCUT2D eigenvalue weighted by molar-refractivity contribution is 7.99. The van der Waals surface area contributed by atoms with Gasteiger partial charge in [0.15, 0.2) is 0 Å². The van der Waals surface area contributed by atoms with E-state index in [2.05, 4.69) is 50.4 Å². The second-order valence-corrected chi connectivity index (χ2v) is 5.34. The summed E-state index contributed by atoms with van der Waals surface area (Å²) in [5, 5.41) is 3.51. The van der Waals surface area contributed by atoms with Gasteiger partial charge in [0.25, 0.3) is 0 Å². The van der Waals surface area contributed by atoms with Gasteiger partial charge < -0.3 is 5.32 Å². The second kappa shape index (κ2) is 6.78. The summed E-state index contributed by atoms with van der Waals surface area (Å²) in [7, 11) is 0. The lowest BCUT2D eigenvalue weighted by atomic mass is 10.1. The Kier molecular flexibility index (Phi) is 5.62. The summed E-state index contributed by atoms with van der Waals surface area (Å²) < 4.78 is 0. The molecule has 1 rings (SSSR count). The van der Waals surface area contributed by atoms with Crippen LogP contribution in [-0.2, 0) is 0 Å². The summed E-state index contributed by atoms with van der Waals surface area (Å²) in [5.41, 5.74) is 1.28. The van der Waals surface area contributed by atoms with Crippen LogP contribution in [0.1, 0.15) is 27.2 Å². The van der Waals surface area contributed by atoms with E-state index in [0.717, 1.165) is 18.2 Å². The molecule has 0 aliphatic heterocycles. The highest BCUT2D eigenvalue weighted by atomic mass is 32.2. The molecule has 2 heteroatoms. The average molecular weight is 223 g/mol. The van der Waals surface area contributed by atoms with Crippen LogP contribution in [0.2, 0.25) is 0 Å². The van der Waals surface area contributed by atoms with E-state index in [4.69, 9.17) is 0 Å². The third-order valence-electron chi connectivity index (χ3n) is 2.22. The van der Waals surface area contributed by atoms with Crippen molar-refractivity contribution >= 4 is 17.4 Å². The molecule has 0 saturated heterocycles. The number of thioether (sulfide) groups is 1. The first kappa shape index (κ1) is 12.4. The lowest BCUT2D eigenvalue weighted by Crippen LogP contribution is -2.05. The van der Waals surface area contributed by atoms with Gasteiger partial charge in [-0.1, -0.05) is 32.9 Å². The van der Waals surface area contributed by atoms with Gasteiger partial charge in [-0.2, -0.15) is 0 Å². The zero-order chi connectivity index (χ0) is 11.1. The van der Waals surface area contributed by atoms with E-state index in [1.807, 2.05) is 11.8 Å². The maximum atomic E-state index is 3.51. The van der Waals surface area contributed by atoms with E-state index in [0.29, 0.717) is 0 Å². The van der Waals surface area contributed by atoms with Gasteiger partial charge in [-0.05, 0) is 30.2 Å². The van der Waals surface area contributed by atoms with Crippen molar-refractivity contribution in [3.05, 3.63) is 24.3 Å². The van der Waals surface area contributed by atoms with Crippen LogP contribution >= 0.6 is 11.8 Å². The maximum Gasteiger partial charge on any atom is 0.0478 e. The lowest BCUT2D eigenvalue weighted by molar-refractivity contribution is 0.607. The molecule has 0 aromatic heterocycles. The number of hydrogen-bond donors (Lipinski definition) is 1. The minimum Gasteiger partial charge on any atom is -0.384 e. The SMILES string of the molecule is CCSc1ccccc1NCCC(C)C. The molecule has 0 spiro atoms. The number of rotatable bonds is 6. The summed E-state index contributed by atoms with van der Waals surface area (Å²) in [6.07, 6.45) is 1.23. The van der Waals surface area contributed by atoms with Crippen molar-refractivity contribution in [2.75, 3.05) is 17.6 Å². The molecule has 0 unspecified atom stereocenters. The first-order valence-corrected chi connectivity index (χ1v) is 6.68. The van der Waals surface area contributed by atoms with Crippen molar-refractivity contribution in [2.24, 2.45) is 5.92 Å². The van der Waals surface area contributed by atoms with Crippen LogP contribution < -0.4 is 5.32 Å². The minimum absolute atomic E-state index is 0.767. The van der Waals surface area contributed by atoms with E-state index in [1.54, 1.807) is 0 Å². The Labute approximate surface area is 97.7 Å². The largest absolute Gasteiger partial charge is 0.384 e. The quantitative estimate of drug-likeness (QED) is 0.723. The fourth-order valence-electron chi connectivity index (χ4n) is 1.39. The number of para-hydroxylation sites is 1. The molecular weight excluding hydrogens is 202 g/mol. The summed E-state index contributed by atoms with van der Waals surface area (Å²) in [5.74, 6) is 1.89. The zero-order valence-electron chi connectivity index (χ0n) is 9.92. The molecule has 0 bridgehead atoms. The molecule has 0 fully saturated rings. The van der Waals surface area contributed by atoms with Crippen LogP contribution in [0, 0.1) is 5.92 Å². The Hall–Kier alpha value is -0.630. The molecule has 15 heavy (non-hydrogen) atoms. The van der Waals surface area contributed by atoms with E-state index in [1.165, 1.54) is 17.0 Å². The maximum absolute atomic E-state index is 3.51. The Balaban J connectivity index is 2.51. The van der Waals surface area contributed by atoms with Crippen LogP contribution in [0.25, 0.3) is 0 Å². The van der Waals surface area contributed by atoms with Crippen LogP contribution in [0.15, 0.2) is 29.2 Å². The van der Waals surface area contributed by atoms with Crippen LogP contribution in [0.4, 0.5) is 5.69 Å². The summed E-state index contributed by atoms with van der Waals surface area (Å²) in [6, 6.07) is 8.55. The molecule has 1 N–H and O–H groups in total. The average Bonchev–Trinajstić information content (AvgIpc) is 2.20. The standard InChI is InChI=1S/C13H21NS/c1-4-15-13-8-6-5-7-12(13)14-10-9-11(2)3/h5-8,11,14H,4,9-10H2,1-3H3. The second-order valence-electron chi connectivity index (χ2n) is 4.04. The van der Waals surface area contributed by atoms with Gasteiger partial charge in [-0.3, -0.25) is 0 Å². The van der Waals surface area contributed by atoms with Crippen molar-refractivity contribution < 1.29 is 0 Å². The fourth-order valence-corrected chi connectivity index (χ4v) is 2.17. The molecule has 1 nitrogen and oxygen atoms in total. The molecule has 0 saturated carbocycles. The molecule has 0 radical (unpaired) electrons. The fraction of sp³-hybridized carbons (Fsp3) is 0.538. The lowest BCUT2D eigenvalue weighted by Gasteiger charge is -2.11. The molecule has 0 heterocycles. The Bertz CT molecular complexity index is 284. The van der Waals surface area contributed by atoms with Crippen molar-refractivity contribution in [2.45, 2.75) is 32.1 Å². The highest BCUT2D eigenvalue weighted by Crippen LogP contribution is 2.26. The van der Waals surface area contributed by atoms with E-state index in [9.17, 15) is 0 Å². The Morgan fingerprint density at radius 1 is 1.27 bits per heavy atom. The monoisotopic (exact) mass is 223 g/mol. The number of hydrogen-bond acceptors (Lipinski definition) is 2. The smallest absolute Gasteiger partial charge is 0.0478 e. The van der Waals surface area contributed by atoms with Gasteiger partial charge in [0.1, 0.15) is 0 Å². The Morgan fingerprint density at radius 3 is 2.67 bits per heavy atom. The third kappa shape index (κ3) is 4.61. The number of benzene rings is 1. The predicted octanol–water partition coefficient (Wildman–Crippen LogP) is 4.26. The van der Waals surface area contributed by atoms with E-state index < -0.39 is 0 Å². The van der Waals surface area contributed by atoms with Gasteiger partial charge in [-0.15, -0.1) is 11.8 Å². The molecule has 0 amide bonds. The van der Waals surface area contributed by atoms with E-state index >= 15 is 0 Å². The summed E-state index contributed by atoms with van der Waals surface area (Å²) in [4.78, 5) is 1.36. The number of nitrogens with one attached hydrogen (secondary N) is 1. The third-order valence-corrected chi connectivity index (χ3v) is 3.18. The normalized spacial score (nSPS) is 10.7. The van der Waals surface area contributed by atoms with Crippen LogP contribution in [-0.4, -0.2) is 12.3 Å². The highest BCUT2D eigenvalue weighted by Gasteiger charge is 2.00. The van der Waals surface area contributed by atoms with Gasteiger partial charge in [0.05, 0.1) is 0 Å². The molecular formula is C13H21NS. The van der Waals surface area contributed by atoms with Gasteiger partial charge in [0, 0.05) is 17.1 Å². The Morgan fingerprint density at radius 2 is 2.00 bits per heavy atom. The zero-order valence-corrected chi connectivity index (χ0v) is 10.7. The molecule has 0 atom stereocenters. The predicted molar refractivity (Wildman–Crippen MR) is 70.8 cm³/mol. The van der Waals surface area contributed by atoms with Crippen molar-refractivity contribution in [3.8, 4) is 0 Å². The molecule has 0 aliphatic rings. The molecule has 1 aromatic carbocycles. The first-order valence-electron chi connectivity index (χ1n) is 5.69. The van der Waals surface area contributed by atoms with Crippen molar-refractivity contribution in [3.63, 3.8) is 0 Å². The first-order chi connectivity index (χ1) is 7.24. The van der Waals surface area contributed by atoms with Crippen molar-refractivity contribution in [1.29, 1.82) is 0 Å². The van der Waals surface area contributed by atoms with Crippen LogP contribution in [0.3, 0.4) is 0 Å². The molecule has 1 aromatic rings. The van der Waals surface area contributed by atoms with Crippen LogP contribution in [0.5, 0.6) is 0 Å². The van der Waals surface area contributed by atoms with Gasteiger partial charge in [-0.25, -0.2) is 0 Å². The summed E-state index contributed by atoms with van der Waals surface area (Å²) >= 11 is 1.90. The van der Waals surface area contributed by atoms with E-state index in [-0.39, 0.29) is 0 Å². The van der Waals surface area contributed by atoms with Gasteiger partial charge in [0.2, 0.25) is 0 Å². The molecule has 84 valence electrons. The topological polar surface area (TPSA) is 12.0 Å². The molecule has 0 aliphatic carbocycles. The minimum atomic E-state index is 0.767.